The smallest absolute Gasteiger partial charge is 0.255 e. The van der Waals surface area contributed by atoms with Gasteiger partial charge in [-0.15, -0.1) is 0 Å². The van der Waals surface area contributed by atoms with Gasteiger partial charge < -0.3 is 26.8 Å². The van der Waals surface area contributed by atoms with Gasteiger partial charge in [0.25, 0.3) is 11.8 Å². The van der Waals surface area contributed by atoms with Crippen molar-refractivity contribution in [3.05, 3.63) is 156 Å². The predicted molar refractivity (Wildman–Crippen MR) is 198 cm³/mol. The standard InChI is InChI=1S/2C14H14N2O.C11H14O2.2H2/c2*15-12-8-5-9-13(10-12)16-14(17)11-6-3-1-2-4-7-11;1-9-4-3-5-10(7-12)6-11(9)8-13-2;;/h2*1-3,5-10H,4,15H2,(H,16,17);3-7,9H,8H2,1-2H3;2*1H. The molecule has 0 saturated carbocycles. The highest BCUT2D eigenvalue weighted by Gasteiger charge is 2.09. The average Bonchev–Trinajstić information content (AvgIpc) is 3.57. The van der Waals surface area contributed by atoms with Crippen LogP contribution in [0, 0.1) is 5.92 Å². The monoisotopic (exact) mass is 634 g/mol. The molecular weight excluding hydrogens is 588 g/mol. The highest BCUT2D eigenvalue weighted by molar-refractivity contribution is 6.06. The molecule has 8 nitrogen and oxygen atoms in total. The number of benzene rings is 2. The van der Waals surface area contributed by atoms with Gasteiger partial charge in [0, 0.05) is 49.4 Å². The second-order valence-corrected chi connectivity index (χ2v) is 10.6. The number of nitrogens with two attached hydrogens (primary N) is 2. The molecule has 2 aromatic carbocycles. The predicted octanol–water partition coefficient (Wildman–Crippen LogP) is 7.68. The molecule has 0 saturated heterocycles. The fourth-order valence-electron chi connectivity index (χ4n) is 4.40. The van der Waals surface area contributed by atoms with Gasteiger partial charge in [0.2, 0.25) is 0 Å². The number of ether oxygens (including phenoxy) is 1. The number of carbonyl (C=O) groups excluding carboxylic acids is 3. The van der Waals surface area contributed by atoms with Crippen LogP contribution < -0.4 is 22.1 Å². The van der Waals surface area contributed by atoms with E-state index in [1.807, 2.05) is 91.1 Å². The third kappa shape index (κ3) is 13.0. The summed E-state index contributed by atoms with van der Waals surface area (Å²) in [5, 5.41) is 5.63. The van der Waals surface area contributed by atoms with E-state index >= 15 is 0 Å². The average molecular weight is 635 g/mol. The molecule has 2 amide bonds. The van der Waals surface area contributed by atoms with Gasteiger partial charge >= 0.3 is 0 Å². The first-order valence-electron chi connectivity index (χ1n) is 15.2. The van der Waals surface area contributed by atoms with Crippen LogP contribution in [0.1, 0.15) is 22.6 Å². The number of nitrogen functional groups attached to an aromatic ring is 2. The normalized spacial score (nSPS) is 16.2. The lowest BCUT2D eigenvalue weighted by Gasteiger charge is -2.09. The van der Waals surface area contributed by atoms with E-state index in [1.54, 1.807) is 43.5 Å². The van der Waals surface area contributed by atoms with E-state index in [0.29, 0.717) is 52.0 Å². The lowest BCUT2D eigenvalue weighted by atomic mass is 10.0. The summed E-state index contributed by atoms with van der Waals surface area (Å²) in [6.45, 7) is 2.67. The third-order valence-electron chi connectivity index (χ3n) is 6.88. The zero-order valence-corrected chi connectivity index (χ0v) is 26.8. The van der Waals surface area contributed by atoms with Gasteiger partial charge in [0.1, 0.15) is 6.29 Å². The summed E-state index contributed by atoms with van der Waals surface area (Å²) in [6, 6.07) is 14.3. The molecular formula is C39H46N4O4. The van der Waals surface area contributed by atoms with E-state index < -0.39 is 0 Å². The van der Waals surface area contributed by atoms with Crippen molar-refractivity contribution in [2.24, 2.45) is 5.92 Å². The van der Waals surface area contributed by atoms with Crippen LogP contribution in [0.4, 0.5) is 22.7 Å². The van der Waals surface area contributed by atoms with Gasteiger partial charge in [-0.25, -0.2) is 0 Å². The molecule has 3 aliphatic carbocycles. The van der Waals surface area contributed by atoms with Crippen molar-refractivity contribution in [2.75, 3.05) is 35.8 Å². The minimum absolute atomic E-state index is 0. The Hall–Kier alpha value is -5.73. The van der Waals surface area contributed by atoms with Gasteiger partial charge in [0.15, 0.2) is 0 Å². The van der Waals surface area contributed by atoms with Crippen LogP contribution in [0.2, 0.25) is 0 Å². The molecule has 6 N–H and O–H groups in total. The lowest BCUT2D eigenvalue weighted by Crippen LogP contribution is -2.13. The van der Waals surface area contributed by atoms with Crippen molar-refractivity contribution in [2.45, 2.75) is 19.8 Å². The van der Waals surface area contributed by atoms with Crippen molar-refractivity contribution in [3.8, 4) is 0 Å². The van der Waals surface area contributed by atoms with Gasteiger partial charge in [-0.3, -0.25) is 14.4 Å². The number of aldehydes is 1. The van der Waals surface area contributed by atoms with Crippen molar-refractivity contribution in [3.63, 3.8) is 0 Å². The van der Waals surface area contributed by atoms with Crippen LogP contribution in [-0.2, 0) is 19.1 Å². The summed E-state index contributed by atoms with van der Waals surface area (Å²) >= 11 is 0. The Morgan fingerprint density at radius 2 is 1.38 bits per heavy atom. The maximum atomic E-state index is 11.9. The van der Waals surface area contributed by atoms with Crippen LogP contribution in [0.25, 0.3) is 0 Å². The topological polar surface area (TPSA) is 137 Å². The van der Waals surface area contributed by atoms with Crippen LogP contribution in [0.15, 0.2) is 156 Å². The van der Waals surface area contributed by atoms with Crippen molar-refractivity contribution in [1.82, 2.24) is 0 Å². The van der Waals surface area contributed by atoms with E-state index in [1.165, 1.54) is 0 Å². The lowest BCUT2D eigenvalue weighted by molar-refractivity contribution is -0.113. The van der Waals surface area contributed by atoms with Gasteiger partial charge in [-0.1, -0.05) is 85.9 Å². The molecule has 0 spiro atoms. The molecule has 5 rings (SSSR count). The second kappa shape index (κ2) is 19.6. The quantitative estimate of drug-likeness (QED) is 0.182. The Balaban J connectivity index is 0.000000364. The Labute approximate surface area is 279 Å². The molecule has 3 aliphatic rings. The number of carbonyl (C=O) groups is 3. The number of methoxy groups -OCH3 is 1. The molecule has 1 atom stereocenters. The highest BCUT2D eigenvalue weighted by Crippen LogP contribution is 2.18. The van der Waals surface area contributed by atoms with Gasteiger partial charge in [-0.2, -0.15) is 0 Å². The fraction of sp³-hybridized carbons (Fsp3) is 0.154. The number of rotatable bonds is 7. The van der Waals surface area contributed by atoms with Crippen LogP contribution >= 0.6 is 0 Å². The number of anilines is 4. The first kappa shape index (κ1) is 35.7. The van der Waals surface area contributed by atoms with E-state index in [2.05, 4.69) is 23.6 Å². The molecule has 0 aliphatic heterocycles. The van der Waals surface area contributed by atoms with Gasteiger partial charge in [-0.05, 0) is 79.0 Å². The summed E-state index contributed by atoms with van der Waals surface area (Å²) in [5.74, 6) is 0.111. The fourth-order valence-corrected chi connectivity index (χ4v) is 4.40. The molecule has 47 heavy (non-hydrogen) atoms. The zero-order valence-electron chi connectivity index (χ0n) is 26.8. The number of nitrogens with one attached hydrogen (secondary N) is 2. The zero-order chi connectivity index (χ0) is 33.9. The molecule has 8 heteroatoms. The SMILES string of the molecule is COCC1=CC(C=O)=CC=CC1C.Nc1cccc(NC(=O)C2=CCC=CC=C2)c1.Nc1cccc(NC(=O)C2=CCC=CC=C2)c1.[HH].[HH]. The van der Waals surface area contributed by atoms with Gasteiger partial charge in [0.05, 0.1) is 6.61 Å². The van der Waals surface area contributed by atoms with E-state index in [-0.39, 0.29) is 14.7 Å². The summed E-state index contributed by atoms with van der Waals surface area (Å²) in [4.78, 5) is 34.4. The third-order valence-corrected chi connectivity index (χ3v) is 6.88. The number of allylic oxidation sites excluding steroid dienone is 13. The second-order valence-electron chi connectivity index (χ2n) is 10.6. The van der Waals surface area contributed by atoms with Crippen molar-refractivity contribution >= 4 is 40.9 Å². The molecule has 1 unspecified atom stereocenters. The molecule has 0 fully saturated rings. The molecule has 2 aromatic rings. The maximum absolute atomic E-state index is 11.9. The minimum atomic E-state index is -0.115. The molecule has 0 heterocycles. The molecule has 246 valence electrons. The van der Waals surface area contributed by atoms with E-state index in [4.69, 9.17) is 16.2 Å². The minimum Gasteiger partial charge on any atom is -0.399 e. The Morgan fingerprint density at radius 1 is 0.851 bits per heavy atom. The van der Waals surface area contributed by atoms with Crippen LogP contribution in [-0.4, -0.2) is 31.8 Å². The number of amides is 2. The summed E-state index contributed by atoms with van der Waals surface area (Å²) in [5.41, 5.74) is 17.1. The molecule has 0 bridgehead atoms. The number of hydrogen-bond acceptors (Lipinski definition) is 6. The van der Waals surface area contributed by atoms with Crippen LogP contribution in [0.5, 0.6) is 0 Å². The largest absolute Gasteiger partial charge is 0.399 e. The highest BCUT2D eigenvalue weighted by atomic mass is 16.5. The summed E-state index contributed by atoms with van der Waals surface area (Å²) in [7, 11) is 1.66. The Bertz CT molecular complexity index is 1600. The first-order chi connectivity index (χ1) is 22.8. The number of hydrogen-bond donors (Lipinski definition) is 4. The van der Waals surface area contributed by atoms with Crippen molar-refractivity contribution in [1.29, 1.82) is 0 Å². The Morgan fingerprint density at radius 3 is 1.85 bits per heavy atom. The maximum Gasteiger partial charge on any atom is 0.255 e. The van der Waals surface area contributed by atoms with Crippen LogP contribution in [0.3, 0.4) is 0 Å². The van der Waals surface area contributed by atoms with E-state index in [0.717, 1.165) is 24.7 Å². The molecule has 0 aromatic heterocycles. The first-order valence-corrected chi connectivity index (χ1v) is 15.2. The summed E-state index contributed by atoms with van der Waals surface area (Å²) < 4.78 is 5.05. The Kier molecular flexibility index (Phi) is 14.9. The van der Waals surface area contributed by atoms with E-state index in [9.17, 15) is 14.4 Å². The van der Waals surface area contributed by atoms with Crippen molar-refractivity contribution < 1.29 is 22.0 Å². The summed E-state index contributed by atoms with van der Waals surface area (Å²) in [6.07, 6.45) is 29.0. The molecule has 0 radical (unpaired) electrons.